The van der Waals surface area contributed by atoms with Gasteiger partial charge in [-0.3, -0.25) is 0 Å². The Kier molecular flexibility index (Phi) is 4.49. The van der Waals surface area contributed by atoms with Crippen LogP contribution in [0.3, 0.4) is 0 Å². The lowest BCUT2D eigenvalue weighted by Gasteiger charge is -2.40. The van der Waals surface area contributed by atoms with Gasteiger partial charge >= 0.3 is 0 Å². The van der Waals surface area contributed by atoms with Crippen LogP contribution in [0.25, 0.3) is 0 Å². The van der Waals surface area contributed by atoms with E-state index in [0.29, 0.717) is 0 Å². The van der Waals surface area contributed by atoms with Crippen molar-refractivity contribution in [3.8, 4) is 0 Å². The Morgan fingerprint density at radius 3 is 1.75 bits per heavy atom. The zero-order valence-corrected chi connectivity index (χ0v) is 14.4. The van der Waals surface area contributed by atoms with Gasteiger partial charge in [-0.15, -0.1) is 45.4 Å². The number of rotatable bonds is 3. The van der Waals surface area contributed by atoms with Crippen molar-refractivity contribution in [1.29, 1.82) is 0 Å². The average Bonchev–Trinajstić information content (AvgIpc) is 2.17. The molecule has 6 heteroatoms. The fraction of sp³-hybridized carbons (Fsp3) is 0.400. The van der Waals surface area contributed by atoms with Gasteiger partial charge in [-0.25, -0.2) is 0 Å². The Hall–Kier alpha value is 0.814. The van der Waals surface area contributed by atoms with Crippen molar-refractivity contribution < 1.29 is 0 Å². The third-order valence-electron chi connectivity index (χ3n) is 2.83. The van der Waals surface area contributed by atoms with Gasteiger partial charge in [0, 0.05) is 0 Å². The molecular formula is C10H14Cl4Si2. The highest BCUT2D eigenvalue weighted by Crippen LogP contribution is 2.44. The minimum atomic E-state index is -2.67. The zero-order chi connectivity index (χ0) is 12.6. The number of halogens is 4. The molecule has 0 spiro atoms. The fourth-order valence-corrected chi connectivity index (χ4v) is 12.7. The van der Waals surface area contributed by atoms with Crippen molar-refractivity contribution in [2.75, 3.05) is 0 Å². The van der Waals surface area contributed by atoms with E-state index in [4.69, 9.17) is 45.4 Å². The quantitative estimate of drug-likeness (QED) is 0.437. The Balaban J connectivity index is 3.22. The molecule has 0 unspecified atom stereocenters. The van der Waals surface area contributed by atoms with Crippen LogP contribution in [0.4, 0.5) is 0 Å². The van der Waals surface area contributed by atoms with Crippen LogP contribution in [0.2, 0.25) is 19.6 Å². The van der Waals surface area contributed by atoms with E-state index in [1.54, 1.807) is 6.55 Å². The van der Waals surface area contributed by atoms with Gasteiger partial charge in [0.25, 0.3) is 6.69 Å². The van der Waals surface area contributed by atoms with Crippen molar-refractivity contribution in [3.05, 3.63) is 30.3 Å². The molecule has 0 saturated heterocycles. The van der Waals surface area contributed by atoms with Gasteiger partial charge in [0.05, 0.1) is 0 Å². The summed E-state index contributed by atoms with van der Waals surface area (Å²) in [6.07, 6.45) is 0. The van der Waals surface area contributed by atoms with E-state index in [1.165, 1.54) is 5.19 Å². The molecule has 16 heavy (non-hydrogen) atoms. The highest BCUT2D eigenvalue weighted by Gasteiger charge is 2.58. The van der Waals surface area contributed by atoms with E-state index < -0.39 is 18.3 Å². The lowest BCUT2D eigenvalue weighted by Crippen LogP contribution is -2.64. The van der Waals surface area contributed by atoms with Crippen LogP contribution in [0.5, 0.6) is 0 Å². The highest BCUT2D eigenvalue weighted by molar-refractivity contribution is 7.53. The minimum Gasteiger partial charge on any atom is -0.143 e. The lowest BCUT2D eigenvalue weighted by molar-refractivity contribution is 1.46. The summed E-state index contributed by atoms with van der Waals surface area (Å²) < 4.78 is -1.01. The smallest absolute Gasteiger partial charge is 0.143 e. The van der Waals surface area contributed by atoms with Crippen molar-refractivity contribution >= 4 is 65.3 Å². The van der Waals surface area contributed by atoms with Crippen LogP contribution in [-0.4, -0.2) is 18.3 Å². The normalized spacial score (nSPS) is 13.9. The zero-order valence-electron chi connectivity index (χ0n) is 9.40. The van der Waals surface area contributed by atoms with Crippen LogP contribution < -0.4 is 5.19 Å². The number of hydrogen-bond acceptors (Lipinski definition) is 0. The fourth-order valence-electron chi connectivity index (χ4n) is 1.58. The number of hydrogen-bond donors (Lipinski definition) is 0. The number of benzene rings is 1. The third kappa shape index (κ3) is 2.63. The van der Waals surface area contributed by atoms with E-state index in [9.17, 15) is 0 Å². The molecule has 90 valence electrons. The van der Waals surface area contributed by atoms with E-state index in [1.807, 2.05) is 30.3 Å². The molecule has 0 aliphatic carbocycles. The van der Waals surface area contributed by atoms with Crippen molar-refractivity contribution in [2.45, 2.75) is 23.2 Å². The molecule has 0 saturated carbocycles. The predicted octanol–water partition coefficient (Wildman–Crippen LogP) is 4.40. The van der Waals surface area contributed by atoms with Crippen LogP contribution >= 0.6 is 45.4 Å². The van der Waals surface area contributed by atoms with Gasteiger partial charge in [-0.1, -0.05) is 48.6 Å². The van der Waals surface area contributed by atoms with Crippen LogP contribution in [0, 0.1) is 0 Å². The van der Waals surface area contributed by atoms with E-state index in [0.717, 1.165) is 0 Å². The summed E-state index contributed by atoms with van der Waals surface area (Å²) in [6, 6.07) is 10.0. The molecule has 1 aromatic carbocycles. The topological polar surface area (TPSA) is 0 Å². The molecule has 0 nitrogen and oxygen atoms in total. The predicted molar refractivity (Wildman–Crippen MR) is 81.3 cm³/mol. The Morgan fingerprint density at radius 2 is 1.38 bits per heavy atom. The standard InChI is InChI=1S/C10H14Cl4Si2/c1-15(2,9-7-5-4-6-8-9)10(11,12)16(3,13)14/h4-8H,1-3H3. The summed E-state index contributed by atoms with van der Waals surface area (Å²) in [7, 11) is -2.11. The first kappa shape index (κ1) is 14.9. The highest BCUT2D eigenvalue weighted by atomic mass is 35.7. The molecule has 1 aromatic rings. The van der Waals surface area contributed by atoms with E-state index in [2.05, 4.69) is 13.1 Å². The second-order valence-corrected chi connectivity index (χ2v) is 19.8. The van der Waals surface area contributed by atoms with Gasteiger partial charge in [-0.05, 0) is 6.55 Å². The summed E-state index contributed by atoms with van der Waals surface area (Å²) in [5.41, 5.74) is 0. The summed E-state index contributed by atoms with van der Waals surface area (Å²) in [6.45, 7) is 3.30. The molecule has 0 aliphatic heterocycles. The van der Waals surface area contributed by atoms with Crippen molar-refractivity contribution in [2.24, 2.45) is 0 Å². The Morgan fingerprint density at radius 1 is 0.938 bits per heavy atom. The minimum absolute atomic E-state index is 1.01. The maximum absolute atomic E-state index is 6.46. The first-order valence-corrected chi connectivity index (χ1v) is 13.2. The van der Waals surface area contributed by atoms with Crippen molar-refractivity contribution in [3.63, 3.8) is 0 Å². The van der Waals surface area contributed by atoms with Gasteiger partial charge in [-0.2, -0.15) is 0 Å². The van der Waals surface area contributed by atoms with Crippen LogP contribution in [0.15, 0.2) is 30.3 Å². The van der Waals surface area contributed by atoms with Crippen molar-refractivity contribution in [1.82, 2.24) is 0 Å². The monoisotopic (exact) mass is 330 g/mol. The Labute approximate surface area is 118 Å². The molecule has 0 aromatic heterocycles. The van der Waals surface area contributed by atoms with E-state index in [-0.39, 0.29) is 0 Å². The molecule has 0 N–H and O–H groups in total. The number of alkyl halides is 2. The molecule has 0 bridgehead atoms. The molecule has 0 heterocycles. The maximum atomic E-state index is 6.46. The summed E-state index contributed by atoms with van der Waals surface area (Å²) in [5.74, 6) is 0. The van der Waals surface area contributed by atoms with Crippen LogP contribution in [0.1, 0.15) is 0 Å². The first-order valence-electron chi connectivity index (χ1n) is 4.92. The first-order chi connectivity index (χ1) is 7.11. The molecule has 0 fully saturated rings. The van der Waals surface area contributed by atoms with Gasteiger partial charge < -0.3 is 0 Å². The molecule has 0 amide bonds. The largest absolute Gasteiger partial charge is 0.280 e. The SMILES string of the molecule is C[Si](Cl)(Cl)C(Cl)(Cl)[Si](C)(C)c1ccccc1. The van der Waals surface area contributed by atoms with Gasteiger partial charge in [0.2, 0.25) is 0 Å². The molecular weight excluding hydrogens is 318 g/mol. The third-order valence-corrected chi connectivity index (χ3v) is 19.6. The van der Waals surface area contributed by atoms with Crippen LogP contribution in [-0.2, 0) is 0 Å². The summed E-state index contributed by atoms with van der Waals surface area (Å²) in [5, 5.41) is 1.17. The molecule has 0 atom stereocenters. The summed E-state index contributed by atoms with van der Waals surface area (Å²) in [4.78, 5) is 0. The molecule has 1 rings (SSSR count). The molecule has 0 aliphatic rings. The lowest BCUT2D eigenvalue weighted by atomic mass is 10.4. The average molecular weight is 332 g/mol. The Bertz CT molecular complexity index is 357. The van der Waals surface area contributed by atoms with E-state index >= 15 is 0 Å². The molecule has 0 radical (unpaired) electrons. The second kappa shape index (κ2) is 4.83. The van der Waals surface area contributed by atoms with Gasteiger partial charge in [0.15, 0.2) is 0 Å². The maximum Gasteiger partial charge on any atom is 0.280 e. The summed E-state index contributed by atoms with van der Waals surface area (Å²) >= 11 is 25.4. The second-order valence-electron chi connectivity index (χ2n) is 4.45. The van der Waals surface area contributed by atoms with Gasteiger partial charge in [0.1, 0.15) is 11.7 Å².